The number of rotatable bonds is 2. The highest BCUT2D eigenvalue weighted by Crippen LogP contribution is 2.26. The van der Waals surface area contributed by atoms with Crippen molar-refractivity contribution >= 4 is 11.6 Å². The number of hydrogen-bond donors (Lipinski definition) is 2. The number of carbonyl (C=O) groups is 1. The molecular weight excluding hydrogens is 232 g/mol. The highest BCUT2D eigenvalue weighted by molar-refractivity contribution is 6.00. The first-order chi connectivity index (χ1) is 8.63. The Bertz CT molecular complexity index is 440. The lowest BCUT2D eigenvalue weighted by atomic mass is 10.1. The molecule has 1 amide bonds. The van der Waals surface area contributed by atoms with E-state index in [9.17, 15) is 9.90 Å². The van der Waals surface area contributed by atoms with E-state index in [0.717, 1.165) is 0 Å². The summed E-state index contributed by atoms with van der Waals surface area (Å²) in [5, 5.41) is 9.43. The monoisotopic (exact) mass is 250 g/mol. The van der Waals surface area contributed by atoms with Crippen LogP contribution in [-0.4, -0.2) is 42.2 Å². The Balaban J connectivity index is 2.18. The minimum atomic E-state index is -0.295. The van der Waals surface area contributed by atoms with Gasteiger partial charge in [-0.05, 0) is 25.0 Å². The average Bonchev–Trinajstić information content (AvgIpc) is 2.39. The van der Waals surface area contributed by atoms with Crippen molar-refractivity contribution in [1.29, 1.82) is 0 Å². The van der Waals surface area contributed by atoms with Gasteiger partial charge in [0.15, 0.2) is 0 Å². The second-order valence-electron chi connectivity index (χ2n) is 4.44. The van der Waals surface area contributed by atoms with Crippen molar-refractivity contribution < 1.29 is 14.6 Å². The van der Waals surface area contributed by atoms with E-state index >= 15 is 0 Å². The molecule has 0 radical (unpaired) electrons. The van der Waals surface area contributed by atoms with Crippen molar-refractivity contribution in [2.75, 3.05) is 25.9 Å². The first-order valence-corrected chi connectivity index (χ1v) is 6.03. The molecule has 1 fully saturated rings. The van der Waals surface area contributed by atoms with Crippen LogP contribution >= 0.6 is 0 Å². The number of aliphatic hydroxyl groups excluding tert-OH is 1. The molecule has 98 valence electrons. The molecular formula is C13H18N2O3. The van der Waals surface area contributed by atoms with Crippen LogP contribution in [0, 0.1) is 0 Å². The molecule has 0 saturated carbocycles. The third-order valence-corrected chi connectivity index (χ3v) is 3.27. The summed E-state index contributed by atoms with van der Waals surface area (Å²) in [7, 11) is 1.53. The van der Waals surface area contributed by atoms with E-state index in [1.807, 2.05) is 0 Å². The van der Waals surface area contributed by atoms with Gasteiger partial charge in [-0.15, -0.1) is 0 Å². The van der Waals surface area contributed by atoms with Crippen LogP contribution < -0.4 is 10.5 Å². The van der Waals surface area contributed by atoms with Gasteiger partial charge in [0.1, 0.15) is 5.75 Å². The number of anilines is 1. The number of nitrogens with two attached hydrogens (primary N) is 1. The lowest BCUT2D eigenvalue weighted by Gasteiger charge is -2.30. The predicted octanol–water partition coefficient (Wildman–Crippen LogP) is 0.874. The second kappa shape index (κ2) is 5.27. The maximum atomic E-state index is 12.3. The Morgan fingerprint density at radius 1 is 1.44 bits per heavy atom. The Labute approximate surface area is 106 Å². The summed E-state index contributed by atoms with van der Waals surface area (Å²) in [6, 6.07) is 5.18. The number of methoxy groups -OCH3 is 1. The molecule has 18 heavy (non-hydrogen) atoms. The number of para-hydroxylation sites is 1. The molecule has 0 bridgehead atoms. The SMILES string of the molecule is COc1cccc(C(=O)N2CCC(O)CC2)c1N. The number of likely N-dealkylation sites (tertiary alicyclic amines) is 1. The van der Waals surface area contributed by atoms with Crippen LogP contribution in [0.2, 0.25) is 0 Å². The maximum Gasteiger partial charge on any atom is 0.256 e. The van der Waals surface area contributed by atoms with E-state index in [1.54, 1.807) is 23.1 Å². The van der Waals surface area contributed by atoms with Gasteiger partial charge in [-0.25, -0.2) is 0 Å². The fraction of sp³-hybridized carbons (Fsp3) is 0.462. The fourth-order valence-corrected chi connectivity index (χ4v) is 2.15. The lowest BCUT2D eigenvalue weighted by molar-refractivity contribution is 0.0547. The third kappa shape index (κ3) is 2.41. The van der Waals surface area contributed by atoms with Crippen LogP contribution in [0.3, 0.4) is 0 Å². The molecule has 1 aliphatic rings. The Kier molecular flexibility index (Phi) is 3.72. The van der Waals surface area contributed by atoms with Crippen molar-refractivity contribution in [3.05, 3.63) is 23.8 Å². The highest BCUT2D eigenvalue weighted by atomic mass is 16.5. The van der Waals surface area contributed by atoms with Gasteiger partial charge in [0.2, 0.25) is 0 Å². The topological polar surface area (TPSA) is 75.8 Å². The summed E-state index contributed by atoms with van der Waals surface area (Å²) in [6.45, 7) is 1.13. The summed E-state index contributed by atoms with van der Waals surface area (Å²) >= 11 is 0. The molecule has 0 atom stereocenters. The Morgan fingerprint density at radius 2 is 2.11 bits per heavy atom. The molecule has 0 aromatic heterocycles. The van der Waals surface area contributed by atoms with Gasteiger partial charge < -0.3 is 20.5 Å². The zero-order chi connectivity index (χ0) is 13.1. The van der Waals surface area contributed by atoms with Crippen molar-refractivity contribution in [1.82, 2.24) is 4.90 Å². The first-order valence-electron chi connectivity index (χ1n) is 6.03. The van der Waals surface area contributed by atoms with Gasteiger partial charge in [-0.1, -0.05) is 6.07 Å². The van der Waals surface area contributed by atoms with Crippen LogP contribution in [0.25, 0.3) is 0 Å². The van der Waals surface area contributed by atoms with Gasteiger partial charge in [0.05, 0.1) is 24.5 Å². The number of benzene rings is 1. The minimum absolute atomic E-state index is 0.0988. The standard InChI is InChI=1S/C13H18N2O3/c1-18-11-4-2-3-10(12(11)14)13(17)15-7-5-9(16)6-8-15/h2-4,9,16H,5-8,14H2,1H3. The van der Waals surface area contributed by atoms with Crippen molar-refractivity contribution in [3.63, 3.8) is 0 Å². The number of hydrogen-bond acceptors (Lipinski definition) is 4. The van der Waals surface area contributed by atoms with Crippen molar-refractivity contribution in [2.24, 2.45) is 0 Å². The third-order valence-electron chi connectivity index (χ3n) is 3.27. The van der Waals surface area contributed by atoms with Crippen molar-refractivity contribution in [3.8, 4) is 5.75 Å². The van der Waals surface area contributed by atoms with E-state index < -0.39 is 0 Å². The number of piperidine rings is 1. The number of aliphatic hydroxyl groups is 1. The molecule has 1 heterocycles. The summed E-state index contributed by atoms with van der Waals surface area (Å²) in [5.41, 5.74) is 6.74. The van der Waals surface area contributed by atoms with E-state index in [2.05, 4.69) is 0 Å². The Hall–Kier alpha value is -1.75. The number of nitrogen functional groups attached to an aromatic ring is 1. The fourth-order valence-electron chi connectivity index (χ4n) is 2.15. The maximum absolute atomic E-state index is 12.3. The molecule has 0 aliphatic carbocycles. The summed E-state index contributed by atoms with van der Waals surface area (Å²) in [5.74, 6) is 0.413. The van der Waals surface area contributed by atoms with Crippen LogP contribution in [0.4, 0.5) is 5.69 Å². The number of nitrogens with zero attached hydrogens (tertiary/aromatic N) is 1. The second-order valence-corrected chi connectivity index (χ2v) is 4.44. The van der Waals surface area contributed by atoms with Crippen LogP contribution in [0.15, 0.2) is 18.2 Å². The molecule has 5 heteroatoms. The minimum Gasteiger partial charge on any atom is -0.495 e. The summed E-state index contributed by atoms with van der Waals surface area (Å²) in [6.07, 6.45) is 0.947. The molecule has 1 aliphatic heterocycles. The van der Waals surface area contributed by atoms with E-state index in [1.165, 1.54) is 7.11 Å². The zero-order valence-electron chi connectivity index (χ0n) is 10.4. The molecule has 1 aromatic carbocycles. The molecule has 1 saturated heterocycles. The van der Waals surface area contributed by atoms with E-state index in [4.69, 9.17) is 10.5 Å². The van der Waals surface area contributed by atoms with Crippen LogP contribution in [0.5, 0.6) is 5.75 Å². The molecule has 0 spiro atoms. The smallest absolute Gasteiger partial charge is 0.256 e. The molecule has 5 nitrogen and oxygen atoms in total. The molecule has 2 rings (SSSR count). The summed E-state index contributed by atoms with van der Waals surface area (Å²) < 4.78 is 5.10. The van der Waals surface area contributed by atoms with Gasteiger partial charge in [0.25, 0.3) is 5.91 Å². The highest BCUT2D eigenvalue weighted by Gasteiger charge is 2.24. The normalized spacial score (nSPS) is 16.7. The largest absolute Gasteiger partial charge is 0.495 e. The average molecular weight is 250 g/mol. The quantitative estimate of drug-likeness (QED) is 0.764. The van der Waals surface area contributed by atoms with Crippen LogP contribution in [0.1, 0.15) is 23.2 Å². The zero-order valence-corrected chi connectivity index (χ0v) is 10.4. The first kappa shape index (κ1) is 12.7. The van der Waals surface area contributed by atoms with E-state index in [0.29, 0.717) is 42.9 Å². The Morgan fingerprint density at radius 3 is 2.72 bits per heavy atom. The van der Waals surface area contributed by atoms with Gasteiger partial charge in [-0.3, -0.25) is 4.79 Å². The van der Waals surface area contributed by atoms with Gasteiger partial charge in [0, 0.05) is 13.1 Å². The van der Waals surface area contributed by atoms with Crippen molar-refractivity contribution in [2.45, 2.75) is 18.9 Å². The predicted molar refractivity (Wildman–Crippen MR) is 68.6 cm³/mol. The summed E-state index contributed by atoms with van der Waals surface area (Å²) in [4.78, 5) is 14.0. The molecule has 3 N–H and O–H groups in total. The van der Waals surface area contributed by atoms with E-state index in [-0.39, 0.29) is 12.0 Å². The molecule has 0 unspecified atom stereocenters. The lowest BCUT2D eigenvalue weighted by Crippen LogP contribution is -2.40. The molecule has 1 aromatic rings. The van der Waals surface area contributed by atoms with Gasteiger partial charge >= 0.3 is 0 Å². The van der Waals surface area contributed by atoms with Crippen LogP contribution in [-0.2, 0) is 0 Å². The van der Waals surface area contributed by atoms with Gasteiger partial charge in [-0.2, -0.15) is 0 Å². The number of amides is 1. The number of carbonyl (C=O) groups excluding carboxylic acids is 1. The number of ether oxygens (including phenoxy) is 1.